The van der Waals surface area contributed by atoms with Crippen LogP contribution in [0.4, 0.5) is 16.0 Å². The van der Waals surface area contributed by atoms with Crippen molar-refractivity contribution in [3.63, 3.8) is 0 Å². The van der Waals surface area contributed by atoms with Crippen LogP contribution in [0, 0.1) is 5.41 Å². The Morgan fingerprint density at radius 3 is 2.79 bits per heavy atom. The molecule has 1 spiro atoms. The molecule has 0 bridgehead atoms. The number of ether oxygens (including phenoxy) is 1. The first-order chi connectivity index (χ1) is 16.5. The first-order valence-corrected chi connectivity index (χ1v) is 13.2. The summed E-state index contributed by atoms with van der Waals surface area (Å²) in [5.74, 6) is 1.37. The van der Waals surface area contributed by atoms with E-state index >= 15 is 0 Å². The number of halogens is 2. The van der Waals surface area contributed by atoms with Gasteiger partial charge in [0.05, 0.1) is 36.6 Å². The Labute approximate surface area is 209 Å². The van der Waals surface area contributed by atoms with Gasteiger partial charge in [-0.3, -0.25) is 0 Å². The number of hydrogen-bond donors (Lipinski definition) is 1. The molecule has 184 valence electrons. The van der Waals surface area contributed by atoms with Crippen molar-refractivity contribution < 1.29 is 14.2 Å². The summed E-state index contributed by atoms with van der Waals surface area (Å²) in [6, 6.07) is 1.66. The third kappa shape index (κ3) is 4.72. The van der Waals surface area contributed by atoms with Crippen LogP contribution in [0.1, 0.15) is 44.7 Å². The number of aliphatic hydroxyl groups is 1. The van der Waals surface area contributed by atoms with Crippen molar-refractivity contribution in [2.24, 2.45) is 5.41 Å². The molecule has 2 aromatic rings. The van der Waals surface area contributed by atoms with Crippen LogP contribution < -0.4 is 9.80 Å². The molecule has 0 aliphatic carbocycles. The van der Waals surface area contributed by atoms with Crippen molar-refractivity contribution >= 4 is 35.0 Å². The molecule has 0 saturated carbocycles. The zero-order valence-electron chi connectivity index (χ0n) is 19.4. The number of pyridine rings is 1. The second kappa shape index (κ2) is 10.1. The molecule has 7 nitrogen and oxygen atoms in total. The summed E-state index contributed by atoms with van der Waals surface area (Å²) in [6.07, 6.45) is 8.75. The van der Waals surface area contributed by atoms with E-state index in [0.29, 0.717) is 27.7 Å². The fourth-order valence-electron chi connectivity index (χ4n) is 5.49. The topological polar surface area (TPSA) is 74.6 Å². The third-order valence-electron chi connectivity index (χ3n) is 7.35. The van der Waals surface area contributed by atoms with Gasteiger partial charge in [-0.05, 0) is 50.5 Å². The standard InChI is InChI=1S/C24H31ClFN5O2S/c1-16-11-24(15-33-16)5-9-30(10-6-24)22-18(14-32)29-20(13-28-22)34-19-4-7-27-23(21(19)25)31-8-2-3-17(31)12-26/h4,7,13,16-17,32H,2-3,5-6,8-12,14-15H2,1H3/t16-,17?/m0/s1. The highest BCUT2D eigenvalue weighted by Gasteiger charge is 2.41. The molecule has 0 radical (unpaired) electrons. The van der Waals surface area contributed by atoms with Gasteiger partial charge in [-0.15, -0.1) is 0 Å². The van der Waals surface area contributed by atoms with Gasteiger partial charge in [0.1, 0.15) is 23.2 Å². The largest absolute Gasteiger partial charge is 0.390 e. The van der Waals surface area contributed by atoms with Gasteiger partial charge in [0.2, 0.25) is 0 Å². The number of alkyl halides is 1. The zero-order valence-corrected chi connectivity index (χ0v) is 21.0. The van der Waals surface area contributed by atoms with Crippen molar-refractivity contribution in [1.29, 1.82) is 0 Å². The number of piperidine rings is 1. The molecule has 5 rings (SSSR count). The minimum Gasteiger partial charge on any atom is -0.390 e. The third-order valence-corrected chi connectivity index (χ3v) is 8.80. The van der Waals surface area contributed by atoms with Gasteiger partial charge in [-0.25, -0.2) is 19.3 Å². The van der Waals surface area contributed by atoms with Crippen molar-refractivity contribution in [2.75, 3.05) is 42.7 Å². The van der Waals surface area contributed by atoms with E-state index in [1.807, 2.05) is 11.0 Å². The SMILES string of the molecule is C[C@H]1CC2(CCN(c3ncc(Sc4ccnc(N5CCCC5CF)c4Cl)nc3CO)CC2)CO1. The van der Waals surface area contributed by atoms with Crippen LogP contribution in [-0.2, 0) is 11.3 Å². The van der Waals surface area contributed by atoms with Crippen LogP contribution in [0.3, 0.4) is 0 Å². The summed E-state index contributed by atoms with van der Waals surface area (Å²) in [7, 11) is 0. The minimum atomic E-state index is -0.411. The maximum Gasteiger partial charge on any atom is 0.152 e. The minimum absolute atomic E-state index is 0.173. The molecule has 5 heterocycles. The van der Waals surface area contributed by atoms with Gasteiger partial charge in [-0.2, -0.15) is 0 Å². The molecule has 1 N–H and O–H groups in total. The average molecular weight is 508 g/mol. The molecule has 3 fully saturated rings. The van der Waals surface area contributed by atoms with Gasteiger partial charge < -0.3 is 19.6 Å². The maximum atomic E-state index is 13.4. The van der Waals surface area contributed by atoms with E-state index in [4.69, 9.17) is 21.3 Å². The maximum absolute atomic E-state index is 13.4. The number of anilines is 2. The normalized spacial score (nSPS) is 24.4. The summed E-state index contributed by atoms with van der Waals surface area (Å²) < 4.78 is 19.3. The number of aromatic nitrogens is 3. The van der Waals surface area contributed by atoms with Crippen molar-refractivity contribution in [1.82, 2.24) is 15.0 Å². The number of nitrogens with zero attached hydrogens (tertiary/aromatic N) is 5. The van der Waals surface area contributed by atoms with Crippen LogP contribution in [-0.4, -0.2) is 65.1 Å². The summed E-state index contributed by atoms with van der Waals surface area (Å²) in [5, 5.41) is 11.2. The predicted molar refractivity (Wildman–Crippen MR) is 132 cm³/mol. The molecule has 3 aliphatic rings. The Morgan fingerprint density at radius 1 is 1.26 bits per heavy atom. The molecular formula is C24H31ClFN5O2S. The lowest BCUT2D eigenvalue weighted by molar-refractivity contribution is 0.0975. The van der Waals surface area contributed by atoms with Crippen LogP contribution >= 0.6 is 23.4 Å². The molecule has 1 unspecified atom stereocenters. The number of aliphatic hydroxyl groups excluding tert-OH is 1. The Bertz CT molecular complexity index is 1020. The molecule has 0 aromatic carbocycles. The van der Waals surface area contributed by atoms with Crippen LogP contribution in [0.2, 0.25) is 5.02 Å². The van der Waals surface area contributed by atoms with E-state index in [2.05, 4.69) is 21.8 Å². The second-order valence-corrected chi connectivity index (χ2v) is 11.1. The highest BCUT2D eigenvalue weighted by Crippen LogP contribution is 2.43. The van der Waals surface area contributed by atoms with Gasteiger partial charge in [0.15, 0.2) is 5.82 Å². The average Bonchev–Trinajstić information content (AvgIpc) is 3.47. The Kier molecular flexibility index (Phi) is 7.16. The van der Waals surface area contributed by atoms with E-state index < -0.39 is 6.67 Å². The first-order valence-electron chi connectivity index (χ1n) is 12.0. The van der Waals surface area contributed by atoms with Gasteiger partial charge in [0.25, 0.3) is 0 Å². The number of hydrogen-bond acceptors (Lipinski definition) is 8. The molecule has 34 heavy (non-hydrogen) atoms. The van der Waals surface area contributed by atoms with E-state index in [1.165, 1.54) is 11.8 Å². The van der Waals surface area contributed by atoms with Gasteiger partial charge in [-0.1, -0.05) is 23.4 Å². The summed E-state index contributed by atoms with van der Waals surface area (Å²) in [5.41, 5.74) is 0.851. The fourth-order valence-corrected chi connectivity index (χ4v) is 6.62. The second-order valence-electron chi connectivity index (χ2n) is 9.64. The molecule has 2 atom stereocenters. The molecular weight excluding hydrogens is 477 g/mol. The smallest absolute Gasteiger partial charge is 0.152 e. The highest BCUT2D eigenvalue weighted by molar-refractivity contribution is 7.99. The Morgan fingerprint density at radius 2 is 2.09 bits per heavy atom. The first kappa shape index (κ1) is 24.0. The Hall–Kier alpha value is -1.68. The lowest BCUT2D eigenvalue weighted by Crippen LogP contribution is -2.41. The lowest BCUT2D eigenvalue weighted by Gasteiger charge is -2.39. The predicted octanol–water partition coefficient (Wildman–Crippen LogP) is 4.50. The van der Waals surface area contributed by atoms with E-state index in [9.17, 15) is 9.50 Å². The summed E-state index contributed by atoms with van der Waals surface area (Å²) in [6.45, 7) is 4.92. The summed E-state index contributed by atoms with van der Waals surface area (Å²) >= 11 is 8.08. The quantitative estimate of drug-likeness (QED) is 0.612. The highest BCUT2D eigenvalue weighted by atomic mass is 35.5. The molecule has 10 heteroatoms. The molecule has 3 aliphatic heterocycles. The van der Waals surface area contributed by atoms with E-state index in [0.717, 1.165) is 69.1 Å². The van der Waals surface area contributed by atoms with Crippen molar-refractivity contribution in [3.05, 3.63) is 29.2 Å². The lowest BCUT2D eigenvalue weighted by atomic mass is 9.77. The molecule has 0 amide bonds. The zero-order chi connectivity index (χ0) is 23.7. The van der Waals surface area contributed by atoms with E-state index in [-0.39, 0.29) is 18.1 Å². The summed E-state index contributed by atoms with van der Waals surface area (Å²) in [4.78, 5) is 18.8. The van der Waals surface area contributed by atoms with Crippen LogP contribution in [0.5, 0.6) is 0 Å². The van der Waals surface area contributed by atoms with Crippen LogP contribution in [0.15, 0.2) is 28.4 Å². The Balaban J connectivity index is 1.31. The van der Waals surface area contributed by atoms with Gasteiger partial charge >= 0.3 is 0 Å². The van der Waals surface area contributed by atoms with Crippen molar-refractivity contribution in [3.8, 4) is 0 Å². The fraction of sp³-hybridized carbons (Fsp3) is 0.625. The molecule has 3 saturated heterocycles. The molecule has 2 aromatic heterocycles. The monoisotopic (exact) mass is 507 g/mol. The van der Waals surface area contributed by atoms with Crippen molar-refractivity contribution in [2.45, 2.75) is 67.7 Å². The van der Waals surface area contributed by atoms with Crippen LogP contribution in [0.25, 0.3) is 0 Å². The van der Waals surface area contributed by atoms with E-state index in [1.54, 1.807) is 12.4 Å². The van der Waals surface area contributed by atoms with Gasteiger partial charge in [0, 0.05) is 30.7 Å². The number of rotatable bonds is 6.